The topological polar surface area (TPSA) is 26.0 Å². The maximum atomic E-state index is 13.8. The van der Waals surface area contributed by atoms with Crippen LogP contribution in [0, 0.1) is 11.7 Å². The van der Waals surface area contributed by atoms with Gasteiger partial charge in [0, 0.05) is 11.6 Å². The largest absolute Gasteiger partial charge is 0.416 e. The molecule has 7 heteroatoms. The third-order valence-corrected chi connectivity index (χ3v) is 3.68. The Kier molecular flexibility index (Phi) is 5.09. The maximum Gasteiger partial charge on any atom is 0.416 e. The van der Waals surface area contributed by atoms with Crippen LogP contribution in [0.15, 0.2) is 12.1 Å². The first-order valence-electron chi connectivity index (χ1n) is 5.62. The van der Waals surface area contributed by atoms with Crippen LogP contribution in [0.3, 0.4) is 0 Å². The van der Waals surface area contributed by atoms with Crippen LogP contribution >= 0.6 is 24.0 Å². The van der Waals surface area contributed by atoms with Gasteiger partial charge in [-0.15, -0.1) is 12.4 Å². The molecule has 0 unspecified atom stereocenters. The zero-order valence-corrected chi connectivity index (χ0v) is 11.4. The zero-order chi connectivity index (χ0) is 13.5. The molecule has 1 saturated carbocycles. The van der Waals surface area contributed by atoms with Crippen molar-refractivity contribution >= 4 is 24.0 Å². The molecular weight excluding hydrogens is 305 g/mol. The highest BCUT2D eigenvalue weighted by Crippen LogP contribution is 2.40. The second-order valence-corrected chi connectivity index (χ2v) is 4.98. The number of hydrogen-bond donors (Lipinski definition) is 1. The first kappa shape index (κ1) is 16.5. The van der Waals surface area contributed by atoms with Crippen LogP contribution in [0.2, 0.25) is 5.02 Å². The third-order valence-electron chi connectivity index (χ3n) is 3.40. The molecule has 19 heavy (non-hydrogen) atoms. The first-order chi connectivity index (χ1) is 8.30. The van der Waals surface area contributed by atoms with E-state index in [0.717, 1.165) is 25.3 Å². The molecule has 1 aromatic carbocycles. The van der Waals surface area contributed by atoms with Gasteiger partial charge in [0.15, 0.2) is 0 Å². The van der Waals surface area contributed by atoms with Crippen LogP contribution in [0.1, 0.15) is 36.4 Å². The lowest BCUT2D eigenvalue weighted by Gasteiger charge is -2.32. The maximum absolute atomic E-state index is 13.8. The summed E-state index contributed by atoms with van der Waals surface area (Å²) in [5, 5.41) is -0.533. The lowest BCUT2D eigenvalue weighted by atomic mass is 9.77. The Morgan fingerprint density at radius 1 is 1.26 bits per heavy atom. The molecule has 1 nitrogen and oxygen atoms in total. The van der Waals surface area contributed by atoms with Crippen molar-refractivity contribution in [2.45, 2.75) is 31.5 Å². The molecular formula is C12H13Cl2F4N. The van der Waals surface area contributed by atoms with Crippen LogP contribution in [0.5, 0.6) is 0 Å². The summed E-state index contributed by atoms with van der Waals surface area (Å²) in [5.74, 6) is -0.803. The van der Waals surface area contributed by atoms with E-state index in [1.165, 1.54) is 0 Å². The van der Waals surface area contributed by atoms with Crippen molar-refractivity contribution < 1.29 is 17.6 Å². The van der Waals surface area contributed by atoms with Crippen molar-refractivity contribution in [1.29, 1.82) is 0 Å². The Bertz CT molecular complexity index is 458. The molecule has 1 aromatic rings. The summed E-state index contributed by atoms with van der Waals surface area (Å²) in [6.45, 7) is 0. The van der Waals surface area contributed by atoms with Crippen molar-refractivity contribution in [3.8, 4) is 0 Å². The van der Waals surface area contributed by atoms with Gasteiger partial charge in [0.05, 0.1) is 10.6 Å². The van der Waals surface area contributed by atoms with Gasteiger partial charge >= 0.3 is 6.18 Å². The molecule has 2 N–H and O–H groups in total. The zero-order valence-electron chi connectivity index (χ0n) is 9.81. The molecule has 2 rings (SSSR count). The standard InChI is InChI=1S/C12H12ClF4N.ClH/c13-9-5-7(12(15,16)17)4-8(10(9)14)11(18)6-2-1-3-6;/h4-6,11H,1-3,18H2;1H/t11-;/m0./s1. The van der Waals surface area contributed by atoms with Gasteiger partial charge in [-0.2, -0.15) is 13.2 Å². The molecule has 0 saturated heterocycles. The Hall–Kier alpha value is -0.520. The van der Waals surface area contributed by atoms with Crippen LogP contribution in [-0.2, 0) is 6.18 Å². The lowest BCUT2D eigenvalue weighted by Crippen LogP contribution is -2.28. The summed E-state index contributed by atoms with van der Waals surface area (Å²) < 4.78 is 51.6. The highest BCUT2D eigenvalue weighted by atomic mass is 35.5. The van der Waals surface area contributed by atoms with E-state index >= 15 is 0 Å². The van der Waals surface area contributed by atoms with Gasteiger partial charge in [-0.25, -0.2) is 4.39 Å². The molecule has 1 aliphatic carbocycles. The number of rotatable bonds is 2. The molecule has 0 spiro atoms. The van der Waals surface area contributed by atoms with Crippen LogP contribution < -0.4 is 5.73 Å². The second-order valence-electron chi connectivity index (χ2n) is 4.58. The summed E-state index contributed by atoms with van der Waals surface area (Å²) in [5.41, 5.74) is 4.72. The Morgan fingerprint density at radius 3 is 2.26 bits per heavy atom. The fraction of sp³-hybridized carbons (Fsp3) is 0.500. The van der Waals surface area contributed by atoms with Crippen LogP contribution in [-0.4, -0.2) is 0 Å². The summed E-state index contributed by atoms with van der Waals surface area (Å²) >= 11 is 5.50. The van der Waals surface area contributed by atoms with E-state index < -0.39 is 28.6 Å². The molecule has 0 radical (unpaired) electrons. The quantitative estimate of drug-likeness (QED) is 0.785. The SMILES string of the molecule is Cl.N[C@H](c1cc(C(F)(F)F)cc(Cl)c1F)C1CCC1. The van der Waals surface area contributed by atoms with Crippen molar-refractivity contribution in [2.75, 3.05) is 0 Å². The smallest absolute Gasteiger partial charge is 0.324 e. The van der Waals surface area contributed by atoms with Gasteiger partial charge in [0.25, 0.3) is 0 Å². The van der Waals surface area contributed by atoms with Crippen molar-refractivity contribution in [2.24, 2.45) is 11.7 Å². The van der Waals surface area contributed by atoms with Crippen LogP contribution in [0.4, 0.5) is 17.6 Å². The average molecular weight is 318 g/mol. The van der Waals surface area contributed by atoms with Gasteiger partial charge in [-0.3, -0.25) is 0 Å². The van der Waals surface area contributed by atoms with E-state index in [4.69, 9.17) is 17.3 Å². The minimum absolute atomic E-state index is 0. The van der Waals surface area contributed by atoms with E-state index in [1.807, 2.05) is 0 Å². The predicted molar refractivity (Wildman–Crippen MR) is 67.9 cm³/mol. The van der Waals surface area contributed by atoms with Crippen molar-refractivity contribution in [3.63, 3.8) is 0 Å². The molecule has 0 aliphatic heterocycles. The fourth-order valence-electron chi connectivity index (χ4n) is 2.07. The second kappa shape index (κ2) is 5.85. The summed E-state index contributed by atoms with van der Waals surface area (Å²) in [6.07, 6.45) is -1.94. The molecule has 1 fully saturated rings. The van der Waals surface area contributed by atoms with Gasteiger partial charge in [-0.1, -0.05) is 18.0 Å². The summed E-state index contributed by atoms with van der Waals surface area (Å²) in [4.78, 5) is 0. The van der Waals surface area contributed by atoms with Gasteiger partial charge in [0.2, 0.25) is 0 Å². The molecule has 1 aliphatic rings. The van der Waals surface area contributed by atoms with E-state index in [0.29, 0.717) is 6.07 Å². The Balaban J connectivity index is 0.00000180. The number of hydrogen-bond acceptors (Lipinski definition) is 1. The Morgan fingerprint density at radius 2 is 1.84 bits per heavy atom. The first-order valence-corrected chi connectivity index (χ1v) is 6.00. The number of nitrogens with two attached hydrogens (primary N) is 1. The molecule has 0 amide bonds. The lowest BCUT2D eigenvalue weighted by molar-refractivity contribution is -0.137. The predicted octanol–water partition coefficient (Wildman–Crippen LogP) is 4.72. The highest BCUT2D eigenvalue weighted by molar-refractivity contribution is 6.30. The van der Waals surface area contributed by atoms with Crippen molar-refractivity contribution in [1.82, 2.24) is 0 Å². The fourth-order valence-corrected chi connectivity index (χ4v) is 2.30. The summed E-state index contributed by atoms with van der Waals surface area (Å²) in [7, 11) is 0. The van der Waals surface area contributed by atoms with E-state index in [-0.39, 0.29) is 23.9 Å². The van der Waals surface area contributed by atoms with Gasteiger partial charge in [0.1, 0.15) is 5.82 Å². The van der Waals surface area contributed by atoms with Crippen LogP contribution in [0.25, 0.3) is 0 Å². The normalized spacial score (nSPS) is 17.6. The van der Waals surface area contributed by atoms with Gasteiger partial charge < -0.3 is 5.73 Å². The minimum Gasteiger partial charge on any atom is -0.324 e. The number of halogens is 6. The Labute approximate surface area is 119 Å². The molecule has 0 aromatic heterocycles. The van der Waals surface area contributed by atoms with E-state index in [2.05, 4.69) is 0 Å². The van der Waals surface area contributed by atoms with E-state index in [9.17, 15) is 17.6 Å². The molecule has 108 valence electrons. The monoisotopic (exact) mass is 317 g/mol. The average Bonchev–Trinajstić information content (AvgIpc) is 2.17. The third kappa shape index (κ3) is 3.33. The summed E-state index contributed by atoms with van der Waals surface area (Å²) in [6, 6.07) is 0.636. The van der Waals surface area contributed by atoms with E-state index in [1.54, 1.807) is 0 Å². The number of alkyl halides is 3. The van der Waals surface area contributed by atoms with Crippen molar-refractivity contribution in [3.05, 3.63) is 34.1 Å². The molecule has 0 bridgehead atoms. The minimum atomic E-state index is -4.55. The number of benzene rings is 1. The molecule has 0 heterocycles. The van der Waals surface area contributed by atoms with Gasteiger partial charge in [-0.05, 0) is 30.9 Å². The molecule has 1 atom stereocenters. The highest BCUT2D eigenvalue weighted by Gasteiger charge is 2.34.